The fourth-order valence-corrected chi connectivity index (χ4v) is 2.29. The average molecular weight is 277 g/mol. The molecule has 0 bridgehead atoms. The molecule has 1 heterocycles. The summed E-state index contributed by atoms with van der Waals surface area (Å²) in [6.07, 6.45) is 0. The van der Waals surface area contributed by atoms with Crippen LogP contribution >= 0.6 is 11.6 Å². The van der Waals surface area contributed by atoms with Crippen molar-refractivity contribution in [1.82, 2.24) is 0 Å². The molecule has 3 rings (SSSR count). The molecule has 0 radical (unpaired) electrons. The van der Waals surface area contributed by atoms with E-state index in [0.717, 1.165) is 11.3 Å². The molecule has 2 aromatic rings. The van der Waals surface area contributed by atoms with Crippen LogP contribution in [0.1, 0.15) is 11.6 Å². The Hall–Kier alpha value is -2.07. The molecule has 2 aromatic carbocycles. The summed E-state index contributed by atoms with van der Waals surface area (Å²) in [6.45, 7) is 0. The number of fused-ring (bicyclic) bond motifs is 1. The van der Waals surface area contributed by atoms with Crippen LogP contribution < -0.4 is 10.6 Å². The predicted octanol–water partition coefficient (Wildman–Crippen LogP) is 3.58. The van der Waals surface area contributed by atoms with E-state index in [0.29, 0.717) is 5.02 Å². The first-order valence-electron chi connectivity index (χ1n) is 5.76. The van der Waals surface area contributed by atoms with Gasteiger partial charge in [0.05, 0.1) is 5.69 Å². The van der Waals surface area contributed by atoms with Crippen LogP contribution in [0.3, 0.4) is 0 Å². The molecule has 3 nitrogen and oxygen atoms in total. The van der Waals surface area contributed by atoms with Gasteiger partial charge >= 0.3 is 0 Å². The molecule has 0 saturated heterocycles. The zero-order chi connectivity index (χ0) is 13.4. The predicted molar refractivity (Wildman–Crippen MR) is 72.8 cm³/mol. The second kappa shape index (κ2) is 4.55. The van der Waals surface area contributed by atoms with Crippen molar-refractivity contribution in [3.05, 3.63) is 58.9 Å². The quantitative estimate of drug-likeness (QED) is 0.880. The molecule has 5 heteroatoms. The van der Waals surface area contributed by atoms with E-state index in [2.05, 4.69) is 10.6 Å². The minimum atomic E-state index is -0.607. The Balaban J connectivity index is 1.95. The number of anilines is 2. The van der Waals surface area contributed by atoms with Crippen molar-refractivity contribution in [2.24, 2.45) is 0 Å². The Morgan fingerprint density at radius 1 is 1.21 bits per heavy atom. The average Bonchev–Trinajstić information content (AvgIpc) is 2.71. The minimum Gasteiger partial charge on any atom is -0.368 e. The molecular formula is C14H10ClFN2O. The second-order valence-corrected chi connectivity index (χ2v) is 4.71. The number of carbonyl (C=O) groups excluding carboxylic acids is 1. The summed E-state index contributed by atoms with van der Waals surface area (Å²) in [5.74, 6) is -0.651. The van der Waals surface area contributed by atoms with Crippen molar-refractivity contribution in [2.45, 2.75) is 6.04 Å². The molecule has 1 aliphatic rings. The van der Waals surface area contributed by atoms with Gasteiger partial charge in [-0.2, -0.15) is 0 Å². The van der Waals surface area contributed by atoms with Gasteiger partial charge in [0.2, 0.25) is 0 Å². The molecule has 96 valence electrons. The number of hydrogen-bond acceptors (Lipinski definition) is 2. The van der Waals surface area contributed by atoms with E-state index in [1.54, 1.807) is 0 Å². The second-order valence-electron chi connectivity index (χ2n) is 4.28. The molecule has 0 fully saturated rings. The van der Waals surface area contributed by atoms with Crippen molar-refractivity contribution < 1.29 is 9.18 Å². The topological polar surface area (TPSA) is 41.1 Å². The van der Waals surface area contributed by atoms with Crippen LogP contribution in [0, 0.1) is 5.82 Å². The number of para-hydroxylation sites is 1. The fourth-order valence-electron chi connectivity index (χ4n) is 2.12. The van der Waals surface area contributed by atoms with Crippen molar-refractivity contribution >= 4 is 28.9 Å². The number of hydrogen-bond donors (Lipinski definition) is 2. The molecule has 19 heavy (non-hydrogen) atoms. The monoisotopic (exact) mass is 276 g/mol. The molecule has 0 aliphatic carbocycles. The first-order chi connectivity index (χ1) is 9.15. The molecule has 0 aromatic heterocycles. The van der Waals surface area contributed by atoms with E-state index in [9.17, 15) is 9.18 Å². The SMILES string of the molecule is O=C1Nc2ccccc2C1Nc1cc(Cl)ccc1F. The highest BCUT2D eigenvalue weighted by molar-refractivity contribution is 6.30. The lowest BCUT2D eigenvalue weighted by atomic mass is 10.1. The van der Waals surface area contributed by atoms with E-state index >= 15 is 0 Å². The highest BCUT2D eigenvalue weighted by Gasteiger charge is 2.30. The summed E-state index contributed by atoms with van der Waals surface area (Å²) in [5.41, 5.74) is 1.75. The standard InChI is InChI=1S/C14H10ClFN2O/c15-8-5-6-10(16)12(7-8)17-13-9-3-1-2-4-11(9)18-14(13)19/h1-7,13,17H,(H,18,19). The molecule has 0 spiro atoms. The third-order valence-electron chi connectivity index (χ3n) is 3.02. The van der Waals surface area contributed by atoms with Crippen LogP contribution in [0.2, 0.25) is 5.02 Å². The van der Waals surface area contributed by atoms with Gasteiger partial charge < -0.3 is 10.6 Å². The van der Waals surface area contributed by atoms with Gasteiger partial charge in [-0.25, -0.2) is 4.39 Å². The van der Waals surface area contributed by atoms with Gasteiger partial charge in [0.25, 0.3) is 5.91 Å². The molecule has 2 N–H and O–H groups in total. The number of carbonyl (C=O) groups is 1. The molecule has 1 aliphatic heterocycles. The first-order valence-corrected chi connectivity index (χ1v) is 6.14. The zero-order valence-electron chi connectivity index (χ0n) is 9.78. The summed E-state index contributed by atoms with van der Waals surface area (Å²) in [6, 6.07) is 10.9. The van der Waals surface area contributed by atoms with Crippen LogP contribution in [0.15, 0.2) is 42.5 Å². The number of nitrogens with one attached hydrogen (secondary N) is 2. The maximum Gasteiger partial charge on any atom is 0.251 e. The van der Waals surface area contributed by atoms with E-state index in [4.69, 9.17) is 11.6 Å². The largest absolute Gasteiger partial charge is 0.368 e. The summed E-state index contributed by atoms with van der Waals surface area (Å²) >= 11 is 5.83. The Morgan fingerprint density at radius 3 is 2.84 bits per heavy atom. The molecule has 1 unspecified atom stereocenters. The van der Waals surface area contributed by atoms with Crippen molar-refractivity contribution in [1.29, 1.82) is 0 Å². The van der Waals surface area contributed by atoms with Crippen LogP contribution in [0.25, 0.3) is 0 Å². The van der Waals surface area contributed by atoms with Gasteiger partial charge in [0.1, 0.15) is 11.9 Å². The van der Waals surface area contributed by atoms with Crippen LogP contribution in [-0.4, -0.2) is 5.91 Å². The Labute approximate surface area is 114 Å². The minimum absolute atomic E-state index is 0.208. The molecule has 1 amide bonds. The van der Waals surface area contributed by atoms with Crippen molar-refractivity contribution in [3.8, 4) is 0 Å². The summed E-state index contributed by atoms with van der Waals surface area (Å²) in [4.78, 5) is 11.9. The van der Waals surface area contributed by atoms with E-state index in [-0.39, 0.29) is 11.6 Å². The van der Waals surface area contributed by atoms with Crippen LogP contribution in [0.5, 0.6) is 0 Å². The highest BCUT2D eigenvalue weighted by Crippen LogP contribution is 2.34. The lowest BCUT2D eigenvalue weighted by Gasteiger charge is -2.13. The van der Waals surface area contributed by atoms with E-state index in [1.807, 2.05) is 24.3 Å². The van der Waals surface area contributed by atoms with Gasteiger partial charge in [0.15, 0.2) is 0 Å². The number of rotatable bonds is 2. The Morgan fingerprint density at radius 2 is 2.00 bits per heavy atom. The normalized spacial score (nSPS) is 16.9. The lowest BCUT2D eigenvalue weighted by molar-refractivity contribution is -0.116. The van der Waals surface area contributed by atoms with Crippen molar-refractivity contribution in [2.75, 3.05) is 10.6 Å². The van der Waals surface area contributed by atoms with E-state index in [1.165, 1.54) is 18.2 Å². The molecular weight excluding hydrogens is 267 g/mol. The molecule has 1 atom stereocenters. The summed E-state index contributed by atoms with van der Waals surface area (Å²) < 4.78 is 13.7. The van der Waals surface area contributed by atoms with Crippen LogP contribution in [0.4, 0.5) is 15.8 Å². The number of halogens is 2. The van der Waals surface area contributed by atoms with Crippen LogP contribution in [-0.2, 0) is 4.79 Å². The van der Waals surface area contributed by atoms with E-state index < -0.39 is 11.9 Å². The summed E-state index contributed by atoms with van der Waals surface area (Å²) in [5, 5.41) is 6.04. The van der Waals surface area contributed by atoms with Gasteiger partial charge in [-0.15, -0.1) is 0 Å². The number of amides is 1. The maximum atomic E-state index is 13.7. The Bertz CT molecular complexity index is 660. The summed E-state index contributed by atoms with van der Waals surface area (Å²) in [7, 11) is 0. The molecule has 0 saturated carbocycles. The highest BCUT2D eigenvalue weighted by atomic mass is 35.5. The third kappa shape index (κ3) is 2.15. The maximum absolute atomic E-state index is 13.7. The first kappa shape index (κ1) is 12.0. The smallest absolute Gasteiger partial charge is 0.251 e. The Kier molecular flexibility index (Phi) is 2.87. The van der Waals surface area contributed by atoms with Crippen molar-refractivity contribution in [3.63, 3.8) is 0 Å². The number of benzene rings is 2. The van der Waals surface area contributed by atoms with Gasteiger partial charge in [-0.1, -0.05) is 29.8 Å². The van der Waals surface area contributed by atoms with Gasteiger partial charge in [-0.05, 0) is 24.3 Å². The third-order valence-corrected chi connectivity index (χ3v) is 3.26. The van der Waals surface area contributed by atoms with Gasteiger partial charge in [-0.3, -0.25) is 4.79 Å². The van der Waals surface area contributed by atoms with Gasteiger partial charge in [0, 0.05) is 16.3 Å². The zero-order valence-corrected chi connectivity index (χ0v) is 10.5. The lowest BCUT2D eigenvalue weighted by Crippen LogP contribution is -2.20. The fraction of sp³-hybridized carbons (Fsp3) is 0.0714.